The Morgan fingerprint density at radius 1 is 1.17 bits per heavy atom. The maximum absolute atomic E-state index is 12.4. The Morgan fingerprint density at radius 3 is 2.72 bits per heavy atom. The average Bonchev–Trinajstić information content (AvgIpc) is 3.15. The summed E-state index contributed by atoms with van der Waals surface area (Å²) < 4.78 is 58.4. The van der Waals surface area contributed by atoms with Gasteiger partial charge in [0.25, 0.3) is 5.88 Å². The van der Waals surface area contributed by atoms with E-state index in [1.165, 1.54) is 6.07 Å². The van der Waals surface area contributed by atoms with Crippen molar-refractivity contribution in [3.8, 4) is 11.8 Å². The highest BCUT2D eigenvalue weighted by Crippen LogP contribution is 2.25. The number of alkyl halides is 3. The molecule has 2 aromatic heterocycles. The van der Waals surface area contributed by atoms with Crippen LogP contribution in [-0.2, 0) is 22.4 Å². The zero-order chi connectivity index (χ0) is 25.5. The minimum Gasteiger partial charge on any atom is -0.468 e. The molecule has 0 spiro atoms. The highest BCUT2D eigenvalue weighted by molar-refractivity contribution is 5.80. The van der Waals surface area contributed by atoms with Crippen molar-refractivity contribution in [2.75, 3.05) is 39.5 Å². The van der Waals surface area contributed by atoms with Crippen LogP contribution < -0.4 is 9.47 Å². The molecule has 11 heteroatoms. The largest absolute Gasteiger partial charge is 0.468 e. The van der Waals surface area contributed by atoms with E-state index in [0.29, 0.717) is 31.1 Å². The summed E-state index contributed by atoms with van der Waals surface area (Å²) in [5.74, 6) is 1.19. The Hall–Kier alpha value is -2.66. The number of halogens is 3. The van der Waals surface area contributed by atoms with Crippen LogP contribution in [0.25, 0.3) is 0 Å². The van der Waals surface area contributed by atoms with Gasteiger partial charge in [0.2, 0.25) is 5.88 Å². The highest BCUT2D eigenvalue weighted by Gasteiger charge is 2.29. The predicted molar refractivity (Wildman–Crippen MR) is 123 cm³/mol. The van der Waals surface area contributed by atoms with Crippen molar-refractivity contribution >= 4 is 5.78 Å². The lowest BCUT2D eigenvalue weighted by molar-refractivity contribution is -0.154. The molecule has 0 amide bonds. The first-order chi connectivity index (χ1) is 17.2. The second kappa shape index (κ2) is 12.1. The van der Waals surface area contributed by atoms with Gasteiger partial charge in [-0.15, -0.1) is 0 Å². The number of ketones is 1. The Morgan fingerprint density at radius 2 is 2.00 bits per heavy atom. The molecule has 36 heavy (non-hydrogen) atoms. The van der Waals surface area contributed by atoms with E-state index in [0.717, 1.165) is 56.6 Å². The predicted octanol–water partition coefficient (Wildman–Crippen LogP) is 3.94. The van der Waals surface area contributed by atoms with Crippen LogP contribution in [0, 0.1) is 12.8 Å². The van der Waals surface area contributed by atoms with E-state index in [9.17, 15) is 18.0 Å². The number of ether oxygens (including phenoxy) is 3. The molecule has 1 fully saturated rings. The number of carbonyl (C=O) groups excluding carboxylic acids is 1. The number of Topliss-reactive ketones (excluding diaryl/α,β-unsaturated/α-hetero) is 1. The topological polar surface area (TPSA) is 86.9 Å². The van der Waals surface area contributed by atoms with E-state index < -0.39 is 12.8 Å². The van der Waals surface area contributed by atoms with Crippen LogP contribution in [0.1, 0.15) is 42.7 Å². The number of pyridine rings is 1. The summed E-state index contributed by atoms with van der Waals surface area (Å²) in [6, 6.07) is 4.98. The van der Waals surface area contributed by atoms with E-state index in [1.807, 2.05) is 6.07 Å². The van der Waals surface area contributed by atoms with Crippen LogP contribution in [0.15, 0.2) is 22.7 Å². The Balaban J connectivity index is 1.13. The van der Waals surface area contributed by atoms with Crippen LogP contribution in [0.4, 0.5) is 13.2 Å². The number of rotatable bonds is 10. The SMILES string of the molecule is Cc1cc(OCC(=O)C[C@H]2CC[C@H](CCN3CCc4ccc(OCC(F)(F)F)nc4CC3)OC2)no1. The number of aromatic nitrogens is 2. The zero-order valence-electron chi connectivity index (χ0n) is 20.4. The smallest absolute Gasteiger partial charge is 0.422 e. The summed E-state index contributed by atoms with van der Waals surface area (Å²) in [6.45, 7) is 3.51. The molecular formula is C25H32F3N3O5. The lowest BCUT2D eigenvalue weighted by atomic mass is 9.93. The molecule has 0 radical (unpaired) electrons. The quantitative estimate of drug-likeness (QED) is 0.474. The van der Waals surface area contributed by atoms with Crippen LogP contribution in [0.3, 0.4) is 0 Å². The van der Waals surface area contributed by atoms with Gasteiger partial charge in [-0.25, -0.2) is 4.98 Å². The normalized spacial score (nSPS) is 21.0. The molecular weight excluding hydrogens is 479 g/mol. The number of fused-ring (bicyclic) bond motifs is 1. The minimum atomic E-state index is -4.38. The second-order valence-corrected chi connectivity index (χ2v) is 9.50. The van der Waals surface area contributed by atoms with Gasteiger partial charge in [-0.1, -0.05) is 6.07 Å². The van der Waals surface area contributed by atoms with Gasteiger partial charge >= 0.3 is 6.18 Å². The van der Waals surface area contributed by atoms with E-state index in [4.69, 9.17) is 18.7 Å². The van der Waals surface area contributed by atoms with E-state index in [-0.39, 0.29) is 30.3 Å². The van der Waals surface area contributed by atoms with Crippen molar-refractivity contribution in [2.24, 2.45) is 5.92 Å². The Bertz CT molecular complexity index is 1010. The third-order valence-corrected chi connectivity index (χ3v) is 6.52. The molecule has 2 aliphatic heterocycles. The van der Waals surface area contributed by atoms with Crippen LogP contribution in [-0.4, -0.2) is 72.6 Å². The molecule has 198 valence electrons. The first-order valence-corrected chi connectivity index (χ1v) is 12.3. The maximum Gasteiger partial charge on any atom is 0.422 e. The van der Waals surface area contributed by atoms with Crippen molar-refractivity contribution in [3.63, 3.8) is 0 Å². The standard InChI is InChI=1S/C25H32F3N3O5/c1-17-12-24(30-36-17)34-15-20(32)13-18-2-4-21(33-14-18)7-10-31-9-6-19-3-5-23(29-22(19)8-11-31)35-16-25(26,27)28/h3,5,12,18,21H,2,4,6-11,13-16H2,1H3/t18-,21-/m1/s1. The lowest BCUT2D eigenvalue weighted by Gasteiger charge is -2.30. The molecule has 8 nitrogen and oxygen atoms in total. The summed E-state index contributed by atoms with van der Waals surface area (Å²) in [5, 5.41) is 3.72. The monoisotopic (exact) mass is 511 g/mol. The van der Waals surface area contributed by atoms with Gasteiger partial charge in [-0.05, 0) is 49.2 Å². The molecule has 0 aromatic carbocycles. The molecule has 2 aromatic rings. The van der Waals surface area contributed by atoms with Gasteiger partial charge in [0.15, 0.2) is 12.4 Å². The molecule has 0 unspecified atom stereocenters. The number of nitrogens with zero attached hydrogens (tertiary/aromatic N) is 3. The summed E-state index contributed by atoms with van der Waals surface area (Å²) in [7, 11) is 0. The first kappa shape index (κ1) is 26.4. The van der Waals surface area contributed by atoms with Crippen molar-refractivity contribution in [1.82, 2.24) is 15.0 Å². The highest BCUT2D eigenvalue weighted by atomic mass is 19.4. The Labute approximate surface area is 208 Å². The fraction of sp³-hybridized carbons (Fsp3) is 0.640. The van der Waals surface area contributed by atoms with Gasteiger partial charge in [0.1, 0.15) is 12.4 Å². The maximum atomic E-state index is 12.4. The van der Waals surface area contributed by atoms with Crippen molar-refractivity contribution in [3.05, 3.63) is 35.2 Å². The zero-order valence-corrected chi connectivity index (χ0v) is 20.4. The van der Waals surface area contributed by atoms with Gasteiger partial charge < -0.3 is 23.6 Å². The molecule has 0 N–H and O–H groups in total. The lowest BCUT2D eigenvalue weighted by Crippen LogP contribution is -2.33. The molecule has 4 heterocycles. The average molecular weight is 512 g/mol. The van der Waals surface area contributed by atoms with Crippen LogP contribution >= 0.6 is 0 Å². The van der Waals surface area contributed by atoms with Crippen LogP contribution in [0.2, 0.25) is 0 Å². The molecule has 0 bridgehead atoms. The van der Waals surface area contributed by atoms with Crippen LogP contribution in [0.5, 0.6) is 11.8 Å². The van der Waals surface area contributed by atoms with E-state index in [2.05, 4.69) is 15.0 Å². The number of carbonyl (C=O) groups is 1. The fourth-order valence-corrected chi connectivity index (χ4v) is 4.59. The van der Waals surface area contributed by atoms with E-state index in [1.54, 1.807) is 13.0 Å². The molecule has 1 saturated heterocycles. The Kier molecular flexibility index (Phi) is 8.84. The van der Waals surface area contributed by atoms with E-state index >= 15 is 0 Å². The summed E-state index contributed by atoms with van der Waals surface area (Å²) >= 11 is 0. The minimum absolute atomic E-state index is 0.0166. The van der Waals surface area contributed by atoms with Crippen molar-refractivity contribution in [2.45, 2.75) is 57.7 Å². The third-order valence-electron chi connectivity index (χ3n) is 6.52. The first-order valence-electron chi connectivity index (χ1n) is 12.3. The molecule has 0 aliphatic carbocycles. The number of aryl methyl sites for hydroxylation is 1. The van der Waals surface area contributed by atoms with Crippen molar-refractivity contribution < 1.29 is 36.7 Å². The summed E-state index contributed by atoms with van der Waals surface area (Å²) in [4.78, 5) is 18.9. The summed E-state index contributed by atoms with van der Waals surface area (Å²) in [5.41, 5.74) is 1.86. The van der Waals surface area contributed by atoms with Gasteiger partial charge in [-0.3, -0.25) is 4.79 Å². The number of hydrogen-bond donors (Lipinski definition) is 0. The molecule has 4 rings (SSSR count). The third kappa shape index (κ3) is 8.19. The number of hydrogen-bond acceptors (Lipinski definition) is 8. The molecule has 2 aliphatic rings. The van der Waals surface area contributed by atoms with Gasteiger partial charge in [-0.2, -0.15) is 13.2 Å². The summed E-state index contributed by atoms with van der Waals surface area (Å²) in [6.07, 6.45) is 0.434. The molecule has 0 saturated carbocycles. The fourth-order valence-electron chi connectivity index (χ4n) is 4.59. The van der Waals surface area contributed by atoms with Gasteiger partial charge in [0, 0.05) is 50.3 Å². The second-order valence-electron chi connectivity index (χ2n) is 9.50. The molecule has 2 atom stereocenters. The van der Waals surface area contributed by atoms with Crippen molar-refractivity contribution in [1.29, 1.82) is 0 Å². The van der Waals surface area contributed by atoms with Gasteiger partial charge in [0.05, 0.1) is 12.7 Å².